The van der Waals surface area contributed by atoms with Gasteiger partial charge in [-0.2, -0.15) is 0 Å². The number of halogens is 1. The number of esters is 2. The summed E-state index contributed by atoms with van der Waals surface area (Å²) in [6, 6.07) is 0. The Labute approximate surface area is 152 Å². The van der Waals surface area contributed by atoms with E-state index < -0.39 is 9.07 Å². The molecule has 0 spiro atoms. The Morgan fingerprint density at radius 3 is 2.35 bits per heavy atom. The van der Waals surface area contributed by atoms with E-state index in [1.54, 1.807) is 25.6 Å². The van der Waals surface area contributed by atoms with Gasteiger partial charge < -0.3 is 9.47 Å². The van der Waals surface area contributed by atoms with Crippen LogP contribution in [0.1, 0.15) is 60.3 Å². The molecular weight excluding hydrogens is 380 g/mol. The van der Waals surface area contributed by atoms with Gasteiger partial charge in [0.2, 0.25) is 0 Å². The van der Waals surface area contributed by atoms with Crippen molar-refractivity contribution in [1.82, 2.24) is 0 Å². The van der Waals surface area contributed by atoms with Gasteiger partial charge in [0.1, 0.15) is 9.07 Å². The van der Waals surface area contributed by atoms with E-state index in [2.05, 4.69) is 15.9 Å². The van der Waals surface area contributed by atoms with Gasteiger partial charge in [-0.25, -0.2) is 0 Å². The Bertz CT molecular complexity index is 417. The number of hydrogen-bond donors (Lipinski definition) is 0. The molecule has 1 fully saturated rings. The van der Waals surface area contributed by atoms with Crippen LogP contribution >= 0.6 is 27.7 Å². The highest BCUT2D eigenvalue weighted by Crippen LogP contribution is 2.41. The van der Waals surface area contributed by atoms with E-state index in [4.69, 9.17) is 9.47 Å². The zero-order chi connectivity index (χ0) is 17.7. The van der Waals surface area contributed by atoms with Crippen LogP contribution in [0.5, 0.6) is 0 Å². The molecule has 134 valence electrons. The smallest absolute Gasteiger partial charge is 0.322 e. The summed E-state index contributed by atoms with van der Waals surface area (Å²) in [6.07, 6.45) is 4.20. The van der Waals surface area contributed by atoms with Gasteiger partial charge in [0.05, 0.1) is 13.2 Å². The van der Waals surface area contributed by atoms with Crippen molar-refractivity contribution in [1.29, 1.82) is 0 Å². The molecule has 0 aromatic rings. The average Bonchev–Trinajstić information content (AvgIpc) is 2.84. The van der Waals surface area contributed by atoms with E-state index in [1.165, 1.54) is 0 Å². The summed E-state index contributed by atoms with van der Waals surface area (Å²) in [5, 5.41) is 0.475. The van der Waals surface area contributed by atoms with E-state index >= 15 is 0 Å². The highest BCUT2D eigenvalue weighted by atomic mass is 79.9. The van der Waals surface area contributed by atoms with Crippen molar-refractivity contribution in [3.8, 4) is 0 Å². The summed E-state index contributed by atoms with van der Waals surface area (Å²) >= 11 is 5.02. The fraction of sp³-hybridized carbons (Fsp3) is 0.882. The zero-order valence-corrected chi connectivity index (χ0v) is 17.2. The van der Waals surface area contributed by atoms with Gasteiger partial charge in [0.15, 0.2) is 0 Å². The first kappa shape index (κ1) is 20.8. The van der Waals surface area contributed by atoms with Crippen LogP contribution in [0.2, 0.25) is 0 Å². The molecule has 0 aliphatic heterocycles. The second kappa shape index (κ2) is 8.75. The minimum atomic E-state index is -0.620. The first-order valence-electron chi connectivity index (χ1n) is 8.27. The fourth-order valence-electron chi connectivity index (χ4n) is 2.66. The van der Waals surface area contributed by atoms with Crippen molar-refractivity contribution in [2.24, 2.45) is 5.92 Å². The van der Waals surface area contributed by atoms with Crippen LogP contribution < -0.4 is 0 Å². The Hall–Kier alpha value is -0.230. The highest BCUT2D eigenvalue weighted by Gasteiger charge is 2.36. The molecule has 6 heteroatoms. The van der Waals surface area contributed by atoms with Crippen LogP contribution in [0.4, 0.5) is 0 Å². The van der Waals surface area contributed by atoms with Gasteiger partial charge in [0, 0.05) is 5.25 Å². The maximum atomic E-state index is 12.0. The summed E-state index contributed by atoms with van der Waals surface area (Å²) in [7, 11) is 0. The molecule has 1 aliphatic carbocycles. The molecule has 1 rings (SSSR count). The first-order valence-corrected chi connectivity index (χ1v) is 9.94. The summed E-state index contributed by atoms with van der Waals surface area (Å²) in [6.45, 7) is 10.2. The molecule has 0 radical (unpaired) electrons. The third-order valence-corrected chi connectivity index (χ3v) is 5.81. The molecule has 0 aromatic heterocycles. The Morgan fingerprint density at radius 1 is 1.13 bits per heavy atom. The highest BCUT2D eigenvalue weighted by molar-refractivity contribution is 9.10. The Morgan fingerprint density at radius 2 is 1.78 bits per heavy atom. The predicted molar refractivity (Wildman–Crippen MR) is 98.0 cm³/mol. The van der Waals surface area contributed by atoms with Gasteiger partial charge in [-0.15, -0.1) is 11.8 Å². The van der Waals surface area contributed by atoms with Crippen LogP contribution in [-0.2, 0) is 19.1 Å². The summed E-state index contributed by atoms with van der Waals surface area (Å²) < 4.78 is 9.33. The lowest BCUT2D eigenvalue weighted by Crippen LogP contribution is -2.32. The number of hydrogen-bond acceptors (Lipinski definition) is 5. The van der Waals surface area contributed by atoms with Gasteiger partial charge >= 0.3 is 11.9 Å². The minimum absolute atomic E-state index is 0.137. The van der Waals surface area contributed by atoms with Gasteiger partial charge in [-0.1, -0.05) is 15.9 Å². The van der Waals surface area contributed by atoms with Crippen molar-refractivity contribution in [2.45, 2.75) is 74.6 Å². The largest absolute Gasteiger partial charge is 0.465 e. The van der Waals surface area contributed by atoms with E-state index in [-0.39, 0.29) is 11.9 Å². The number of rotatable bonds is 8. The third kappa shape index (κ3) is 7.04. The number of ether oxygens (including phenoxy) is 2. The maximum absolute atomic E-state index is 12.0. The van der Waals surface area contributed by atoms with E-state index in [9.17, 15) is 9.59 Å². The lowest BCUT2D eigenvalue weighted by Gasteiger charge is -2.25. The van der Waals surface area contributed by atoms with E-state index in [1.807, 2.05) is 20.8 Å². The first-order chi connectivity index (χ1) is 10.6. The average molecular weight is 409 g/mol. The summed E-state index contributed by atoms with van der Waals surface area (Å²) in [4.78, 5) is 23.7. The molecule has 2 atom stereocenters. The van der Waals surface area contributed by atoms with Crippen molar-refractivity contribution in [3.63, 3.8) is 0 Å². The van der Waals surface area contributed by atoms with Crippen molar-refractivity contribution in [2.75, 3.05) is 13.2 Å². The van der Waals surface area contributed by atoms with Gasteiger partial charge in [0.25, 0.3) is 0 Å². The van der Waals surface area contributed by atoms with Crippen LogP contribution in [0.3, 0.4) is 0 Å². The molecule has 1 saturated carbocycles. The third-order valence-electron chi connectivity index (χ3n) is 3.97. The fourth-order valence-corrected chi connectivity index (χ4v) is 4.38. The summed E-state index contributed by atoms with van der Waals surface area (Å²) in [5.74, 6) is 0.212. The van der Waals surface area contributed by atoms with Gasteiger partial charge in [-0.3, -0.25) is 9.59 Å². The number of carbonyl (C=O) groups is 2. The molecule has 0 N–H and O–H groups in total. The molecular formula is C17H29BrO4S. The lowest BCUT2D eigenvalue weighted by atomic mass is 10.1. The number of thioether (sulfide) groups is 1. The minimum Gasteiger partial charge on any atom is -0.465 e. The summed E-state index contributed by atoms with van der Waals surface area (Å²) in [5.41, 5.74) is 0. The quantitative estimate of drug-likeness (QED) is 0.441. The second-order valence-electron chi connectivity index (χ2n) is 7.05. The molecule has 2 unspecified atom stereocenters. The number of carbonyl (C=O) groups excluding carboxylic acids is 2. The molecule has 23 heavy (non-hydrogen) atoms. The van der Waals surface area contributed by atoms with Crippen molar-refractivity contribution < 1.29 is 19.1 Å². The topological polar surface area (TPSA) is 52.6 Å². The van der Waals surface area contributed by atoms with Crippen LogP contribution in [-0.4, -0.2) is 39.5 Å². The zero-order valence-electron chi connectivity index (χ0n) is 14.8. The van der Waals surface area contributed by atoms with E-state index in [0.717, 1.165) is 25.7 Å². The molecule has 4 nitrogen and oxygen atoms in total. The monoisotopic (exact) mass is 408 g/mol. The Balaban J connectivity index is 2.33. The van der Waals surface area contributed by atoms with Crippen LogP contribution in [0, 0.1) is 5.92 Å². The van der Waals surface area contributed by atoms with Crippen molar-refractivity contribution in [3.05, 3.63) is 0 Å². The molecule has 0 aromatic carbocycles. The Kier molecular flexibility index (Phi) is 7.91. The lowest BCUT2D eigenvalue weighted by molar-refractivity contribution is -0.146. The van der Waals surface area contributed by atoms with Crippen LogP contribution in [0.15, 0.2) is 0 Å². The number of alkyl halides is 1. The standard InChI is InChI=1S/C17H29BrO4S/c1-6-21-15(20)17(4,5)23-13-8-7-12(11-13)9-10-22-14(19)16(2,3)18/h12-13H,6-11H2,1-5H3. The van der Waals surface area contributed by atoms with Crippen molar-refractivity contribution >= 4 is 39.6 Å². The molecule has 1 aliphatic rings. The van der Waals surface area contributed by atoms with Gasteiger partial charge in [-0.05, 0) is 66.2 Å². The van der Waals surface area contributed by atoms with Crippen LogP contribution in [0.25, 0.3) is 0 Å². The van der Waals surface area contributed by atoms with E-state index in [0.29, 0.717) is 24.4 Å². The molecule has 0 heterocycles. The second-order valence-corrected chi connectivity index (χ2v) is 11.0. The predicted octanol–water partition coefficient (Wildman–Crippen LogP) is 4.34. The molecule has 0 amide bonds. The maximum Gasteiger partial charge on any atom is 0.322 e. The molecule has 0 saturated heterocycles. The normalized spacial score (nSPS) is 22.0. The SMILES string of the molecule is CCOC(=O)C(C)(C)SC1CCC(CCOC(=O)C(C)(C)Br)C1. The molecule has 0 bridgehead atoms.